The number of hydrogen-bond acceptors (Lipinski definition) is 6. The Morgan fingerprint density at radius 3 is 1.19 bits per heavy atom. The average Bonchev–Trinajstić information content (AvgIpc) is 3.50. The quantitative estimate of drug-likeness (QED) is 0.592. The molecule has 6 aliphatic rings. The van der Waals surface area contributed by atoms with Gasteiger partial charge in [0.05, 0.1) is 35.0 Å². The van der Waals surface area contributed by atoms with Crippen LogP contribution < -0.4 is 9.80 Å². The molecule has 36 heavy (non-hydrogen) atoms. The summed E-state index contributed by atoms with van der Waals surface area (Å²) < 4.78 is 0. The molecular weight excluding hydrogens is 460 g/mol. The molecule has 0 aromatic heterocycles. The maximum atomic E-state index is 13.4. The molecule has 186 valence electrons. The molecule has 7 rings (SSSR count). The zero-order valence-electron chi connectivity index (χ0n) is 20.8. The van der Waals surface area contributed by atoms with Crippen molar-refractivity contribution < 1.29 is 28.8 Å². The predicted octanol–water partition coefficient (Wildman–Crippen LogP) is 2.68. The molecular formula is C28H28N2O6. The number of benzene rings is 1. The number of imide groups is 2. The first-order valence-electron chi connectivity index (χ1n) is 12.7. The van der Waals surface area contributed by atoms with Crippen molar-refractivity contribution in [1.82, 2.24) is 0 Å². The molecule has 8 nitrogen and oxygen atoms in total. The van der Waals surface area contributed by atoms with Crippen molar-refractivity contribution in [3.05, 3.63) is 24.3 Å². The lowest BCUT2D eigenvalue weighted by atomic mass is 9.68. The van der Waals surface area contributed by atoms with Crippen LogP contribution in [0.25, 0.3) is 0 Å². The summed E-state index contributed by atoms with van der Waals surface area (Å²) >= 11 is 0. The standard InChI is InChI=1S/C28H28N2O6/c1-25-9-15(31)27(3,11-25)19-17(25)21(33)29(23(19)35)13-5-7-14(8-6-13)30-22(34)18-20(24(30)36)28(4)12-26(18,2)10-16(28)32/h5-8,17-20H,9-12H2,1-4H3/t17-,18+,19-,20+,25-,26+,27-,28-/m1/s1. The third-order valence-corrected chi connectivity index (χ3v) is 10.8. The van der Waals surface area contributed by atoms with Crippen molar-refractivity contribution in [3.8, 4) is 0 Å². The van der Waals surface area contributed by atoms with Crippen LogP contribution in [0, 0.1) is 45.3 Å². The van der Waals surface area contributed by atoms with Gasteiger partial charge in [0.25, 0.3) is 0 Å². The van der Waals surface area contributed by atoms with E-state index in [2.05, 4.69) is 0 Å². The fraction of sp³-hybridized carbons (Fsp3) is 0.571. The first-order valence-corrected chi connectivity index (χ1v) is 12.7. The molecule has 6 fully saturated rings. The number of fused-ring (bicyclic) bond motifs is 10. The second-order valence-electron chi connectivity index (χ2n) is 13.1. The van der Waals surface area contributed by atoms with Gasteiger partial charge >= 0.3 is 0 Å². The minimum Gasteiger partial charge on any atom is -0.299 e. The first-order chi connectivity index (χ1) is 16.8. The monoisotopic (exact) mass is 488 g/mol. The molecule has 8 heteroatoms. The van der Waals surface area contributed by atoms with Crippen molar-refractivity contribution >= 4 is 46.6 Å². The fourth-order valence-electron chi connectivity index (χ4n) is 9.43. The highest BCUT2D eigenvalue weighted by Gasteiger charge is 2.75. The molecule has 0 radical (unpaired) electrons. The minimum atomic E-state index is -0.809. The predicted molar refractivity (Wildman–Crippen MR) is 126 cm³/mol. The van der Waals surface area contributed by atoms with E-state index >= 15 is 0 Å². The largest absolute Gasteiger partial charge is 0.299 e. The van der Waals surface area contributed by atoms with Gasteiger partial charge in [-0.3, -0.25) is 38.6 Å². The van der Waals surface area contributed by atoms with E-state index in [1.807, 2.05) is 27.7 Å². The number of ketones is 2. The van der Waals surface area contributed by atoms with E-state index in [1.54, 1.807) is 24.3 Å². The molecule has 0 spiro atoms. The molecule has 4 aliphatic carbocycles. The van der Waals surface area contributed by atoms with Crippen LogP contribution in [0.15, 0.2) is 24.3 Å². The molecule has 4 amide bonds. The van der Waals surface area contributed by atoms with Gasteiger partial charge in [0.2, 0.25) is 23.6 Å². The topological polar surface area (TPSA) is 109 Å². The van der Waals surface area contributed by atoms with Crippen LogP contribution in [-0.2, 0) is 28.8 Å². The molecule has 0 unspecified atom stereocenters. The summed E-state index contributed by atoms with van der Waals surface area (Å²) in [5, 5.41) is 0. The maximum absolute atomic E-state index is 13.4. The Hall–Kier alpha value is -3.16. The van der Waals surface area contributed by atoms with Gasteiger partial charge in [-0.2, -0.15) is 0 Å². The number of hydrogen-bond donors (Lipinski definition) is 0. The van der Waals surface area contributed by atoms with E-state index < -0.39 is 45.3 Å². The van der Waals surface area contributed by atoms with Crippen LogP contribution in [0.2, 0.25) is 0 Å². The summed E-state index contributed by atoms with van der Waals surface area (Å²) in [5.74, 6) is -3.48. The Balaban J connectivity index is 1.21. The van der Waals surface area contributed by atoms with Gasteiger partial charge in [0.1, 0.15) is 11.6 Å². The zero-order valence-corrected chi connectivity index (χ0v) is 20.8. The number of anilines is 2. The molecule has 1 aromatic rings. The maximum Gasteiger partial charge on any atom is 0.238 e. The van der Waals surface area contributed by atoms with Crippen LogP contribution in [0.5, 0.6) is 0 Å². The van der Waals surface area contributed by atoms with E-state index in [0.717, 1.165) is 0 Å². The number of Topliss-reactive ketones (excluding diaryl/α,β-unsaturated/α-hetero) is 2. The smallest absolute Gasteiger partial charge is 0.238 e. The number of carbonyl (C=O) groups excluding carboxylic acids is 6. The SMILES string of the molecule is C[C@]12CC(=O)[C@@](C)(C1)[C@@H]1C(=O)N(c3ccc(N4C(=O)[C@H]5[C@H](C4=O)[C@]4(C)C[C@@]5(C)CC4=O)cc3)C(=O)[C@H]12. The first kappa shape index (κ1) is 22.1. The van der Waals surface area contributed by atoms with E-state index in [0.29, 0.717) is 37.1 Å². The summed E-state index contributed by atoms with van der Waals surface area (Å²) in [6.07, 6.45) is 1.75. The van der Waals surface area contributed by atoms with Crippen LogP contribution >= 0.6 is 0 Å². The lowest BCUT2D eigenvalue weighted by Crippen LogP contribution is -2.40. The van der Waals surface area contributed by atoms with Crippen LogP contribution in [-0.4, -0.2) is 35.2 Å². The van der Waals surface area contributed by atoms with Gasteiger partial charge in [-0.25, -0.2) is 0 Å². The van der Waals surface area contributed by atoms with E-state index in [4.69, 9.17) is 0 Å². The Kier molecular flexibility index (Phi) is 3.70. The molecule has 4 saturated carbocycles. The van der Waals surface area contributed by atoms with Gasteiger partial charge in [-0.1, -0.05) is 27.7 Å². The molecule has 8 atom stereocenters. The Bertz CT molecular complexity index is 1260. The Morgan fingerprint density at radius 2 is 0.861 bits per heavy atom. The van der Waals surface area contributed by atoms with Crippen molar-refractivity contribution in [2.45, 2.75) is 53.4 Å². The fourth-order valence-corrected chi connectivity index (χ4v) is 9.43. The average molecular weight is 489 g/mol. The van der Waals surface area contributed by atoms with Crippen LogP contribution in [0.1, 0.15) is 53.4 Å². The lowest BCUT2D eigenvalue weighted by Gasteiger charge is -2.30. The number of nitrogens with zero attached hydrogens (tertiary/aromatic N) is 2. The minimum absolute atomic E-state index is 0.0519. The molecule has 1 aromatic carbocycles. The number of rotatable bonds is 2. The van der Waals surface area contributed by atoms with Crippen molar-refractivity contribution in [3.63, 3.8) is 0 Å². The second-order valence-corrected chi connectivity index (χ2v) is 13.1. The lowest BCUT2D eigenvalue weighted by molar-refractivity contribution is -0.138. The van der Waals surface area contributed by atoms with E-state index in [1.165, 1.54) is 9.80 Å². The Morgan fingerprint density at radius 1 is 0.556 bits per heavy atom. The highest BCUT2D eigenvalue weighted by molar-refractivity contribution is 6.26. The number of carbonyl (C=O) groups is 6. The van der Waals surface area contributed by atoms with Crippen molar-refractivity contribution in [2.24, 2.45) is 45.3 Å². The summed E-state index contributed by atoms with van der Waals surface area (Å²) in [5.41, 5.74) is -1.89. The van der Waals surface area contributed by atoms with E-state index in [-0.39, 0.29) is 35.2 Å². The summed E-state index contributed by atoms with van der Waals surface area (Å²) in [4.78, 5) is 81.5. The Labute approximate surface area is 208 Å². The van der Waals surface area contributed by atoms with Crippen molar-refractivity contribution in [2.75, 3.05) is 9.80 Å². The molecule has 4 bridgehead atoms. The van der Waals surface area contributed by atoms with Crippen molar-refractivity contribution in [1.29, 1.82) is 0 Å². The zero-order chi connectivity index (χ0) is 25.7. The van der Waals surface area contributed by atoms with Gasteiger partial charge in [0, 0.05) is 23.7 Å². The second kappa shape index (κ2) is 6.03. The molecule has 2 saturated heterocycles. The van der Waals surface area contributed by atoms with E-state index in [9.17, 15) is 28.8 Å². The highest BCUT2D eigenvalue weighted by atomic mass is 16.2. The summed E-state index contributed by atoms with van der Waals surface area (Å²) in [7, 11) is 0. The van der Waals surface area contributed by atoms with Gasteiger partial charge < -0.3 is 0 Å². The van der Waals surface area contributed by atoms with Gasteiger partial charge in [-0.05, 0) is 47.9 Å². The molecule has 2 aliphatic heterocycles. The van der Waals surface area contributed by atoms with Gasteiger partial charge in [-0.15, -0.1) is 0 Å². The van der Waals surface area contributed by atoms with Crippen LogP contribution in [0.4, 0.5) is 11.4 Å². The summed E-state index contributed by atoms with van der Waals surface area (Å²) in [6.45, 7) is 7.48. The normalized spacial score (nSPS) is 46.6. The summed E-state index contributed by atoms with van der Waals surface area (Å²) in [6, 6.07) is 6.33. The van der Waals surface area contributed by atoms with Crippen LogP contribution in [0.3, 0.4) is 0 Å². The molecule has 0 N–H and O–H groups in total. The third-order valence-electron chi connectivity index (χ3n) is 10.8. The number of amides is 4. The highest BCUT2D eigenvalue weighted by Crippen LogP contribution is 2.69. The van der Waals surface area contributed by atoms with Gasteiger partial charge in [0.15, 0.2) is 0 Å². The molecule has 2 heterocycles. The third kappa shape index (κ3) is 2.16.